The number of carbonyl (C=O) groups excluding carboxylic acids is 1. The zero-order valence-corrected chi connectivity index (χ0v) is 13.7. The molecule has 2 aromatic carbocycles. The summed E-state index contributed by atoms with van der Waals surface area (Å²) in [5.41, 5.74) is 3.65. The third-order valence-electron chi connectivity index (χ3n) is 3.66. The van der Waals surface area contributed by atoms with Gasteiger partial charge in [0.15, 0.2) is 0 Å². The second kappa shape index (κ2) is 5.90. The smallest absolute Gasteiger partial charge is 0.258 e. The topological polar surface area (TPSA) is 59.3 Å². The number of amides is 1. The van der Waals surface area contributed by atoms with Crippen molar-refractivity contribution in [2.45, 2.75) is 6.92 Å². The zero-order chi connectivity index (χ0) is 16.5. The lowest BCUT2D eigenvalue weighted by molar-refractivity contribution is 0.102. The monoisotopic (exact) mass is 334 g/mol. The van der Waals surface area contributed by atoms with Crippen molar-refractivity contribution in [2.75, 3.05) is 5.32 Å². The Morgan fingerprint density at radius 2 is 1.96 bits per heavy atom. The average molecular weight is 334 g/mol. The van der Waals surface area contributed by atoms with Crippen LogP contribution in [-0.2, 0) is 0 Å². The first kappa shape index (κ1) is 14.6. The second-order valence-electron chi connectivity index (χ2n) is 5.44. The van der Waals surface area contributed by atoms with Crippen LogP contribution in [0.15, 0.2) is 60.0 Å². The number of fused-ring (bicyclic) bond motifs is 1. The summed E-state index contributed by atoms with van der Waals surface area (Å²) in [5, 5.41) is 9.20. The van der Waals surface area contributed by atoms with Crippen molar-refractivity contribution in [2.24, 2.45) is 0 Å². The molecule has 5 nitrogen and oxygen atoms in total. The summed E-state index contributed by atoms with van der Waals surface area (Å²) in [4.78, 5) is 17.5. The number of aromatic nitrogens is 3. The Morgan fingerprint density at radius 1 is 1.12 bits per heavy atom. The summed E-state index contributed by atoms with van der Waals surface area (Å²) in [7, 11) is 0. The first-order valence-electron chi connectivity index (χ1n) is 7.48. The highest BCUT2D eigenvalue weighted by molar-refractivity contribution is 7.15. The van der Waals surface area contributed by atoms with E-state index in [-0.39, 0.29) is 5.91 Å². The van der Waals surface area contributed by atoms with Gasteiger partial charge in [-0.05, 0) is 19.1 Å². The lowest BCUT2D eigenvalue weighted by atomic mass is 10.1. The summed E-state index contributed by atoms with van der Waals surface area (Å²) in [6.07, 6.45) is 0. The number of hydrogen-bond acceptors (Lipinski definition) is 4. The van der Waals surface area contributed by atoms with Gasteiger partial charge >= 0.3 is 0 Å². The van der Waals surface area contributed by atoms with Gasteiger partial charge in [0.05, 0.1) is 5.69 Å². The molecule has 0 spiro atoms. The number of thiazole rings is 1. The molecule has 2 aromatic heterocycles. The molecule has 0 saturated carbocycles. The van der Waals surface area contributed by atoms with Crippen LogP contribution in [0.3, 0.4) is 0 Å². The first-order valence-corrected chi connectivity index (χ1v) is 8.36. The van der Waals surface area contributed by atoms with E-state index in [1.807, 2.05) is 60.8 Å². The first-order chi connectivity index (χ1) is 11.7. The highest BCUT2D eigenvalue weighted by Gasteiger charge is 2.14. The molecule has 0 aliphatic carbocycles. The van der Waals surface area contributed by atoms with E-state index in [0.717, 1.165) is 21.8 Å². The van der Waals surface area contributed by atoms with Crippen LogP contribution in [0, 0.1) is 6.92 Å². The van der Waals surface area contributed by atoms with Crippen LogP contribution in [0.5, 0.6) is 0 Å². The third-order valence-corrected chi connectivity index (χ3v) is 4.47. The fraction of sp³-hybridized carbons (Fsp3) is 0.0556. The Morgan fingerprint density at radius 3 is 2.75 bits per heavy atom. The predicted molar refractivity (Wildman–Crippen MR) is 95.4 cm³/mol. The standard InChI is InChI=1S/C18H14N4OS/c1-12-6-5-9-14(10-12)16(23)19-17-20-18-22(21-17)15(11-24-18)13-7-3-2-4-8-13/h2-11H,1H3,(H,19,21,23). The van der Waals surface area contributed by atoms with Crippen molar-refractivity contribution in [3.8, 4) is 11.3 Å². The molecule has 4 rings (SSSR count). The van der Waals surface area contributed by atoms with Crippen molar-refractivity contribution in [1.82, 2.24) is 14.6 Å². The quantitative estimate of drug-likeness (QED) is 0.615. The summed E-state index contributed by atoms with van der Waals surface area (Å²) in [5.74, 6) is 0.101. The van der Waals surface area contributed by atoms with Gasteiger partial charge in [0, 0.05) is 16.5 Å². The second-order valence-corrected chi connectivity index (χ2v) is 6.28. The number of nitrogens with zero attached hydrogens (tertiary/aromatic N) is 3. The summed E-state index contributed by atoms with van der Waals surface area (Å²) < 4.78 is 1.76. The lowest BCUT2D eigenvalue weighted by Gasteiger charge is -2.02. The molecule has 0 unspecified atom stereocenters. The van der Waals surface area contributed by atoms with Crippen molar-refractivity contribution >= 4 is 28.2 Å². The Hall–Kier alpha value is -2.99. The molecular weight excluding hydrogens is 320 g/mol. The van der Waals surface area contributed by atoms with Crippen molar-refractivity contribution in [1.29, 1.82) is 0 Å². The molecule has 6 heteroatoms. The van der Waals surface area contributed by atoms with Crippen LogP contribution in [0.25, 0.3) is 16.2 Å². The minimum atomic E-state index is -0.210. The predicted octanol–water partition coefficient (Wildman–Crippen LogP) is 4.02. The highest BCUT2D eigenvalue weighted by atomic mass is 32.1. The van der Waals surface area contributed by atoms with Crippen LogP contribution in [0.2, 0.25) is 0 Å². The number of carbonyl (C=O) groups is 1. The number of aryl methyl sites for hydroxylation is 1. The number of rotatable bonds is 3. The largest absolute Gasteiger partial charge is 0.289 e. The maximum Gasteiger partial charge on any atom is 0.258 e. The molecule has 1 N–H and O–H groups in total. The molecule has 0 saturated heterocycles. The molecule has 0 atom stereocenters. The van der Waals surface area contributed by atoms with E-state index >= 15 is 0 Å². The van der Waals surface area contributed by atoms with Gasteiger partial charge in [-0.1, -0.05) is 48.0 Å². The van der Waals surface area contributed by atoms with E-state index in [1.54, 1.807) is 10.6 Å². The van der Waals surface area contributed by atoms with Gasteiger partial charge in [-0.15, -0.1) is 16.4 Å². The molecule has 24 heavy (non-hydrogen) atoms. The van der Waals surface area contributed by atoms with Gasteiger partial charge < -0.3 is 0 Å². The SMILES string of the molecule is Cc1cccc(C(=O)Nc2nc3scc(-c4ccccc4)n3n2)c1. The summed E-state index contributed by atoms with van der Waals surface area (Å²) in [6.45, 7) is 1.95. The minimum absolute atomic E-state index is 0.210. The van der Waals surface area contributed by atoms with E-state index in [4.69, 9.17) is 0 Å². The molecule has 118 valence electrons. The Kier molecular flexibility index (Phi) is 3.59. The van der Waals surface area contributed by atoms with Crippen LogP contribution < -0.4 is 5.32 Å². The molecule has 2 heterocycles. The maximum absolute atomic E-state index is 12.3. The van der Waals surface area contributed by atoms with Gasteiger partial charge in [-0.3, -0.25) is 10.1 Å². The minimum Gasteiger partial charge on any atom is -0.289 e. The van der Waals surface area contributed by atoms with Gasteiger partial charge in [-0.2, -0.15) is 4.98 Å². The third kappa shape index (κ3) is 2.68. The van der Waals surface area contributed by atoms with E-state index in [0.29, 0.717) is 11.5 Å². The van der Waals surface area contributed by atoms with Gasteiger partial charge in [0.1, 0.15) is 0 Å². The molecule has 1 amide bonds. The maximum atomic E-state index is 12.3. The molecule has 0 aliphatic heterocycles. The van der Waals surface area contributed by atoms with Crippen LogP contribution in [0.1, 0.15) is 15.9 Å². The number of nitrogens with one attached hydrogen (secondary N) is 1. The Balaban J connectivity index is 1.64. The highest BCUT2D eigenvalue weighted by Crippen LogP contribution is 2.25. The van der Waals surface area contributed by atoms with Gasteiger partial charge in [0.2, 0.25) is 4.96 Å². The van der Waals surface area contributed by atoms with Gasteiger partial charge in [-0.25, -0.2) is 4.52 Å². The number of anilines is 1. The van der Waals surface area contributed by atoms with E-state index in [9.17, 15) is 4.79 Å². The average Bonchev–Trinajstić information content (AvgIpc) is 3.15. The molecule has 0 aliphatic rings. The summed E-state index contributed by atoms with van der Waals surface area (Å²) >= 11 is 1.49. The van der Waals surface area contributed by atoms with Crippen molar-refractivity contribution in [3.05, 3.63) is 71.1 Å². The summed E-state index contributed by atoms with van der Waals surface area (Å²) in [6, 6.07) is 17.4. The van der Waals surface area contributed by atoms with Crippen LogP contribution in [0.4, 0.5) is 5.95 Å². The normalized spacial score (nSPS) is 10.9. The van der Waals surface area contributed by atoms with Crippen molar-refractivity contribution < 1.29 is 4.79 Å². The zero-order valence-electron chi connectivity index (χ0n) is 12.9. The van der Waals surface area contributed by atoms with Gasteiger partial charge in [0.25, 0.3) is 11.9 Å². The molecule has 0 fully saturated rings. The Bertz CT molecular complexity index is 1020. The number of hydrogen-bond donors (Lipinski definition) is 1. The van der Waals surface area contributed by atoms with Crippen LogP contribution >= 0.6 is 11.3 Å². The number of benzene rings is 2. The Labute approximate surface area is 142 Å². The van der Waals surface area contributed by atoms with Crippen molar-refractivity contribution in [3.63, 3.8) is 0 Å². The van der Waals surface area contributed by atoms with E-state index in [1.165, 1.54) is 11.3 Å². The molecule has 0 radical (unpaired) electrons. The fourth-order valence-corrected chi connectivity index (χ4v) is 3.33. The molecule has 0 bridgehead atoms. The molecular formula is C18H14N4OS. The lowest BCUT2D eigenvalue weighted by Crippen LogP contribution is -2.13. The van der Waals surface area contributed by atoms with Crippen LogP contribution in [-0.4, -0.2) is 20.5 Å². The fourth-order valence-electron chi connectivity index (χ4n) is 2.50. The van der Waals surface area contributed by atoms with E-state index in [2.05, 4.69) is 15.4 Å². The molecule has 4 aromatic rings. The van der Waals surface area contributed by atoms with E-state index < -0.39 is 0 Å².